The van der Waals surface area contributed by atoms with Gasteiger partial charge >= 0.3 is 0 Å². The van der Waals surface area contributed by atoms with E-state index in [4.69, 9.17) is 4.74 Å². The highest BCUT2D eigenvalue weighted by atomic mass is 32.1. The first-order valence-corrected chi connectivity index (χ1v) is 11.2. The van der Waals surface area contributed by atoms with Crippen molar-refractivity contribution in [3.8, 4) is 5.75 Å². The fourth-order valence-corrected chi connectivity index (χ4v) is 6.55. The second kappa shape index (κ2) is 6.96. The number of carbonyl (C=O) groups excluding carboxylic acids is 2. The summed E-state index contributed by atoms with van der Waals surface area (Å²) in [5.41, 5.74) is 2.01. The molecule has 2 aromatic rings. The quantitative estimate of drug-likeness (QED) is 0.702. The second-order valence-electron chi connectivity index (χ2n) is 8.50. The predicted octanol–water partition coefficient (Wildman–Crippen LogP) is 3.90. The van der Waals surface area contributed by atoms with Crippen molar-refractivity contribution in [2.75, 3.05) is 20.2 Å². The standard InChI is InChI=1S/C23H26N2O3S/c1-15(26)21-10-17(14-29-21)20-11-18-13-24(12-16-4-6-19(28-2)7-5-16)22(27)23(18)8-3-9-25(20)23/h4-7,10,14,18,20H,3,8-9,11-13H2,1-2H3/t18-,20-,23-/m0/s1. The fraction of sp³-hybridized carbons (Fsp3) is 0.478. The van der Waals surface area contributed by atoms with Gasteiger partial charge in [-0.25, -0.2) is 0 Å². The highest BCUT2D eigenvalue weighted by Gasteiger charge is 2.65. The monoisotopic (exact) mass is 410 g/mol. The number of carbonyl (C=O) groups is 2. The first-order valence-electron chi connectivity index (χ1n) is 10.3. The zero-order valence-electron chi connectivity index (χ0n) is 16.9. The van der Waals surface area contributed by atoms with Crippen LogP contribution < -0.4 is 4.74 Å². The van der Waals surface area contributed by atoms with Crippen LogP contribution in [0.25, 0.3) is 0 Å². The number of rotatable bonds is 5. The molecule has 1 spiro atoms. The molecule has 0 N–H and O–H groups in total. The molecule has 0 saturated carbocycles. The Morgan fingerprint density at radius 3 is 2.79 bits per heavy atom. The lowest BCUT2D eigenvalue weighted by atomic mass is 9.85. The first kappa shape index (κ1) is 18.8. The van der Waals surface area contributed by atoms with Gasteiger partial charge in [-0.15, -0.1) is 11.3 Å². The van der Waals surface area contributed by atoms with E-state index in [0.717, 1.165) is 48.5 Å². The van der Waals surface area contributed by atoms with Crippen LogP contribution in [0.15, 0.2) is 35.7 Å². The molecule has 0 radical (unpaired) electrons. The van der Waals surface area contributed by atoms with Gasteiger partial charge in [0.1, 0.15) is 11.3 Å². The van der Waals surface area contributed by atoms with E-state index < -0.39 is 0 Å². The topological polar surface area (TPSA) is 49.9 Å². The Kier molecular flexibility index (Phi) is 4.51. The Bertz CT molecular complexity index is 953. The first-order chi connectivity index (χ1) is 14.0. The molecule has 1 aromatic carbocycles. The minimum Gasteiger partial charge on any atom is -0.497 e. The van der Waals surface area contributed by atoms with Gasteiger partial charge in [0.2, 0.25) is 5.91 Å². The van der Waals surface area contributed by atoms with E-state index in [9.17, 15) is 9.59 Å². The van der Waals surface area contributed by atoms with Gasteiger partial charge in [-0.1, -0.05) is 12.1 Å². The van der Waals surface area contributed by atoms with E-state index in [1.54, 1.807) is 14.0 Å². The number of methoxy groups -OCH3 is 1. The average molecular weight is 411 g/mol. The van der Waals surface area contributed by atoms with E-state index in [-0.39, 0.29) is 17.4 Å². The van der Waals surface area contributed by atoms with Crippen molar-refractivity contribution in [2.24, 2.45) is 5.92 Å². The Morgan fingerprint density at radius 2 is 2.10 bits per heavy atom. The summed E-state index contributed by atoms with van der Waals surface area (Å²) in [6.45, 7) is 4.07. The molecular formula is C23H26N2O3S. The van der Waals surface area contributed by atoms with Crippen molar-refractivity contribution in [2.45, 2.75) is 44.3 Å². The van der Waals surface area contributed by atoms with Crippen LogP contribution in [0.2, 0.25) is 0 Å². The third kappa shape index (κ3) is 2.84. The number of ether oxygens (including phenoxy) is 1. The molecule has 0 bridgehead atoms. The summed E-state index contributed by atoms with van der Waals surface area (Å²) in [6, 6.07) is 10.3. The number of hydrogen-bond donors (Lipinski definition) is 0. The largest absolute Gasteiger partial charge is 0.497 e. The zero-order chi connectivity index (χ0) is 20.2. The lowest BCUT2D eigenvalue weighted by Gasteiger charge is -2.33. The number of likely N-dealkylation sites (tertiary alicyclic amines) is 1. The summed E-state index contributed by atoms with van der Waals surface area (Å²) in [5, 5.41) is 2.12. The molecule has 1 aromatic heterocycles. The molecule has 6 heteroatoms. The van der Waals surface area contributed by atoms with Gasteiger partial charge in [0.05, 0.1) is 12.0 Å². The molecule has 29 heavy (non-hydrogen) atoms. The van der Waals surface area contributed by atoms with Crippen molar-refractivity contribution in [1.29, 1.82) is 0 Å². The zero-order valence-corrected chi connectivity index (χ0v) is 17.7. The van der Waals surface area contributed by atoms with Crippen LogP contribution in [0.5, 0.6) is 5.75 Å². The lowest BCUT2D eigenvalue weighted by Crippen LogP contribution is -2.49. The Hall–Kier alpha value is -2.18. The van der Waals surface area contributed by atoms with Gasteiger partial charge in [-0.05, 0) is 67.4 Å². The maximum Gasteiger partial charge on any atom is 0.243 e. The molecular weight excluding hydrogens is 384 g/mol. The van der Waals surface area contributed by atoms with Gasteiger partial charge in [-0.3, -0.25) is 14.5 Å². The van der Waals surface area contributed by atoms with Crippen molar-refractivity contribution < 1.29 is 14.3 Å². The summed E-state index contributed by atoms with van der Waals surface area (Å²) in [5.74, 6) is 1.61. The Morgan fingerprint density at radius 1 is 1.31 bits per heavy atom. The van der Waals surface area contributed by atoms with Gasteiger partial charge in [0.15, 0.2) is 5.78 Å². The number of benzene rings is 1. The molecule has 3 fully saturated rings. The van der Waals surface area contributed by atoms with Gasteiger partial charge in [-0.2, -0.15) is 0 Å². The van der Waals surface area contributed by atoms with Crippen molar-refractivity contribution in [3.05, 3.63) is 51.7 Å². The van der Waals surface area contributed by atoms with E-state index in [1.807, 2.05) is 30.3 Å². The molecule has 3 aliphatic heterocycles. The predicted molar refractivity (Wildman–Crippen MR) is 112 cm³/mol. The Balaban J connectivity index is 1.38. The second-order valence-corrected chi connectivity index (χ2v) is 9.42. The molecule has 5 rings (SSSR count). The molecule has 3 aliphatic rings. The van der Waals surface area contributed by atoms with Gasteiger partial charge in [0, 0.05) is 25.0 Å². The van der Waals surface area contributed by atoms with Crippen LogP contribution in [0.4, 0.5) is 0 Å². The summed E-state index contributed by atoms with van der Waals surface area (Å²) in [6.07, 6.45) is 3.02. The van der Waals surface area contributed by atoms with Crippen LogP contribution in [-0.4, -0.2) is 47.2 Å². The number of nitrogens with zero attached hydrogens (tertiary/aromatic N) is 2. The third-order valence-corrected chi connectivity index (χ3v) is 8.06. The molecule has 152 valence electrons. The fourth-order valence-electron chi connectivity index (χ4n) is 5.69. The van der Waals surface area contributed by atoms with E-state index in [0.29, 0.717) is 18.4 Å². The summed E-state index contributed by atoms with van der Waals surface area (Å²) in [4.78, 5) is 30.7. The minimum absolute atomic E-state index is 0.123. The van der Waals surface area contributed by atoms with Gasteiger partial charge in [0.25, 0.3) is 0 Å². The SMILES string of the molecule is COc1ccc(CN2C[C@@H]3C[C@@H](c4csc(C(C)=O)c4)N4CCC[C@@]34C2=O)cc1. The normalized spacial score (nSPS) is 28.6. The van der Waals surface area contributed by atoms with Crippen LogP contribution in [0, 0.1) is 5.92 Å². The number of thiophene rings is 1. The molecule has 0 unspecified atom stereocenters. The van der Waals surface area contributed by atoms with E-state index >= 15 is 0 Å². The van der Waals surface area contributed by atoms with E-state index in [2.05, 4.69) is 15.2 Å². The molecule has 1 amide bonds. The average Bonchev–Trinajstić information content (AvgIpc) is 3.46. The smallest absolute Gasteiger partial charge is 0.243 e. The van der Waals surface area contributed by atoms with E-state index in [1.165, 1.54) is 16.9 Å². The Labute approximate surface area is 175 Å². The minimum atomic E-state index is -0.338. The summed E-state index contributed by atoms with van der Waals surface area (Å²) < 4.78 is 5.24. The van der Waals surface area contributed by atoms with Crippen LogP contribution in [0.3, 0.4) is 0 Å². The van der Waals surface area contributed by atoms with Crippen molar-refractivity contribution >= 4 is 23.0 Å². The maximum absolute atomic E-state index is 13.6. The summed E-state index contributed by atoms with van der Waals surface area (Å²) >= 11 is 1.53. The third-order valence-electron chi connectivity index (χ3n) is 7.01. The highest BCUT2D eigenvalue weighted by Crippen LogP contribution is 2.56. The van der Waals surface area contributed by atoms with Crippen LogP contribution >= 0.6 is 11.3 Å². The van der Waals surface area contributed by atoms with Crippen LogP contribution in [0.1, 0.15) is 53.0 Å². The highest BCUT2D eigenvalue weighted by molar-refractivity contribution is 7.12. The number of Topliss-reactive ketones (excluding diaryl/α,β-unsaturated/α-hetero) is 1. The summed E-state index contributed by atoms with van der Waals surface area (Å²) in [7, 11) is 1.66. The molecule has 4 heterocycles. The van der Waals surface area contributed by atoms with Crippen LogP contribution in [-0.2, 0) is 11.3 Å². The molecule has 3 saturated heterocycles. The molecule has 0 aliphatic carbocycles. The lowest BCUT2D eigenvalue weighted by molar-refractivity contribution is -0.137. The van der Waals surface area contributed by atoms with Crippen molar-refractivity contribution in [3.63, 3.8) is 0 Å². The molecule has 5 nitrogen and oxygen atoms in total. The maximum atomic E-state index is 13.6. The molecule has 3 atom stereocenters. The number of amides is 1. The number of hydrogen-bond acceptors (Lipinski definition) is 5. The number of ketones is 1. The van der Waals surface area contributed by atoms with Crippen molar-refractivity contribution in [1.82, 2.24) is 9.80 Å². The van der Waals surface area contributed by atoms with Gasteiger partial charge < -0.3 is 9.64 Å².